The summed E-state index contributed by atoms with van der Waals surface area (Å²) in [5, 5.41) is 5.21. The van der Waals surface area contributed by atoms with Crippen LogP contribution in [-0.2, 0) is 11.2 Å². The summed E-state index contributed by atoms with van der Waals surface area (Å²) in [4.78, 5) is 22.0. The summed E-state index contributed by atoms with van der Waals surface area (Å²) in [6, 6.07) is 5.82. The largest absolute Gasteiger partial charge is 0.495 e. The molecular weight excluding hydrogens is 374 g/mol. The topological polar surface area (TPSA) is 95.4 Å². The summed E-state index contributed by atoms with van der Waals surface area (Å²) in [6.45, 7) is 2.15. The lowest BCUT2D eigenvalue weighted by Crippen LogP contribution is -2.29. The van der Waals surface area contributed by atoms with Crippen molar-refractivity contribution in [2.45, 2.75) is 25.7 Å². The number of rotatable bonds is 2. The summed E-state index contributed by atoms with van der Waals surface area (Å²) in [5.41, 5.74) is 7.82. The van der Waals surface area contributed by atoms with Crippen molar-refractivity contribution in [3.63, 3.8) is 0 Å². The normalized spacial score (nSPS) is 18.4. The molecule has 2 unspecified atom stereocenters. The van der Waals surface area contributed by atoms with Crippen molar-refractivity contribution < 1.29 is 9.53 Å². The van der Waals surface area contributed by atoms with E-state index >= 15 is 0 Å². The number of hydrogen-bond acceptors (Lipinski definition) is 6. The number of carbonyl (C=O) groups excluding carboxylic acids is 1. The van der Waals surface area contributed by atoms with Gasteiger partial charge < -0.3 is 10.5 Å². The maximum absolute atomic E-state index is 11.3. The third-order valence-electron chi connectivity index (χ3n) is 5.06. The maximum Gasteiger partial charge on any atom is 0.220 e. The number of nitrogens with zero attached hydrogens (tertiary/aromatic N) is 4. The molecule has 4 heterocycles. The minimum atomic E-state index is -0.189. The van der Waals surface area contributed by atoms with E-state index in [1.165, 1.54) is 10.4 Å². The average Bonchev–Trinajstić information content (AvgIpc) is 3.31. The number of thiophene rings is 1. The van der Waals surface area contributed by atoms with Gasteiger partial charge in [-0.2, -0.15) is 5.10 Å². The summed E-state index contributed by atoms with van der Waals surface area (Å²) in [5.74, 6) is 0.960. The molecule has 0 radical (unpaired) electrons. The molecule has 0 aliphatic heterocycles. The minimum Gasteiger partial charge on any atom is -0.495 e. The van der Waals surface area contributed by atoms with Gasteiger partial charge in [0.1, 0.15) is 16.9 Å². The highest BCUT2D eigenvalue weighted by Gasteiger charge is 2.30. The summed E-state index contributed by atoms with van der Waals surface area (Å²) >= 11 is 1.67. The third-order valence-corrected chi connectivity index (χ3v) is 6.21. The van der Waals surface area contributed by atoms with Crippen molar-refractivity contribution >= 4 is 33.0 Å². The molecule has 144 valence electrons. The highest BCUT2D eigenvalue weighted by molar-refractivity contribution is 7.18. The molecule has 2 N–H and O–H groups in total. The predicted octanol–water partition coefficient (Wildman–Crippen LogP) is 3.19. The van der Waals surface area contributed by atoms with Crippen molar-refractivity contribution in [3.05, 3.63) is 53.6 Å². The van der Waals surface area contributed by atoms with E-state index in [0.717, 1.165) is 34.3 Å². The van der Waals surface area contributed by atoms with Gasteiger partial charge in [0.25, 0.3) is 0 Å². The number of nitrogens with two attached hydrogens (primary N) is 1. The zero-order chi connectivity index (χ0) is 19.7. The zero-order valence-corrected chi connectivity index (χ0v) is 16.5. The van der Waals surface area contributed by atoms with Crippen LogP contribution in [0.5, 0.6) is 5.75 Å². The molecule has 1 amide bonds. The number of carbonyl (C=O) groups is 1. The first-order valence-corrected chi connectivity index (χ1v) is 9.86. The highest BCUT2D eigenvalue weighted by atomic mass is 32.1. The van der Waals surface area contributed by atoms with Crippen LogP contribution in [0.4, 0.5) is 0 Å². The van der Waals surface area contributed by atoms with E-state index in [9.17, 15) is 4.79 Å². The second kappa shape index (κ2) is 7.55. The molecule has 0 aromatic carbocycles. The van der Waals surface area contributed by atoms with Crippen LogP contribution in [0.25, 0.3) is 15.7 Å². The monoisotopic (exact) mass is 395 g/mol. The number of aromatic nitrogens is 4. The van der Waals surface area contributed by atoms with Crippen LogP contribution in [0, 0.1) is 5.92 Å². The van der Waals surface area contributed by atoms with Gasteiger partial charge in [-0.05, 0) is 42.5 Å². The third kappa shape index (κ3) is 3.43. The molecule has 7 nitrogen and oxygen atoms in total. The smallest absolute Gasteiger partial charge is 0.220 e. The Balaban J connectivity index is 0.000000151. The van der Waals surface area contributed by atoms with Crippen molar-refractivity contribution in [2.75, 3.05) is 7.11 Å². The van der Waals surface area contributed by atoms with E-state index in [1.807, 2.05) is 30.6 Å². The first-order valence-electron chi connectivity index (χ1n) is 9.04. The van der Waals surface area contributed by atoms with Crippen LogP contribution in [0.15, 0.2) is 43.1 Å². The van der Waals surface area contributed by atoms with Gasteiger partial charge in [0.15, 0.2) is 0 Å². The Labute approximate surface area is 166 Å². The zero-order valence-electron chi connectivity index (χ0n) is 15.7. The number of pyridine rings is 1. The first kappa shape index (κ1) is 18.4. The molecule has 4 aromatic rings. The number of fused-ring (bicyclic) bond motifs is 4. The van der Waals surface area contributed by atoms with Gasteiger partial charge in [-0.15, -0.1) is 11.3 Å². The Bertz CT molecular complexity index is 1140. The number of ether oxygens (including phenoxy) is 1. The fraction of sp³-hybridized carbons (Fsp3) is 0.300. The lowest BCUT2D eigenvalue weighted by Gasteiger charge is -2.25. The second-order valence-corrected chi connectivity index (χ2v) is 7.97. The van der Waals surface area contributed by atoms with Gasteiger partial charge in [0, 0.05) is 28.6 Å². The molecule has 0 fully saturated rings. The summed E-state index contributed by atoms with van der Waals surface area (Å²) in [6.07, 6.45) is 8.64. The van der Waals surface area contributed by atoms with E-state index in [1.54, 1.807) is 35.5 Å². The quantitative estimate of drug-likeness (QED) is 0.562. The molecule has 28 heavy (non-hydrogen) atoms. The van der Waals surface area contributed by atoms with Crippen LogP contribution in [0.2, 0.25) is 0 Å². The Hall–Kier alpha value is -3.00. The van der Waals surface area contributed by atoms with Crippen molar-refractivity contribution in [2.24, 2.45) is 11.7 Å². The minimum absolute atomic E-state index is 0.0291. The van der Waals surface area contributed by atoms with E-state index in [2.05, 4.69) is 22.0 Å². The maximum atomic E-state index is 11.3. The molecule has 4 aromatic heterocycles. The SMILES string of the molecule is CC1CC(C(N)=O)Cc2sc3ncncc3c21.COc1ccc2ccnn2c1. The molecule has 1 aliphatic rings. The van der Waals surface area contributed by atoms with E-state index < -0.39 is 0 Å². The Kier molecular flexibility index (Phi) is 4.95. The van der Waals surface area contributed by atoms with Crippen LogP contribution in [0.1, 0.15) is 29.7 Å². The van der Waals surface area contributed by atoms with Crippen molar-refractivity contribution in [1.29, 1.82) is 0 Å². The van der Waals surface area contributed by atoms with E-state index in [0.29, 0.717) is 5.92 Å². The molecule has 1 aliphatic carbocycles. The van der Waals surface area contributed by atoms with Crippen molar-refractivity contribution in [1.82, 2.24) is 19.6 Å². The van der Waals surface area contributed by atoms with Gasteiger partial charge in [-0.1, -0.05) is 6.92 Å². The fourth-order valence-corrected chi connectivity index (χ4v) is 4.99. The molecule has 0 bridgehead atoms. The average molecular weight is 395 g/mol. The first-order chi connectivity index (χ1) is 13.6. The predicted molar refractivity (Wildman–Crippen MR) is 109 cm³/mol. The lowest BCUT2D eigenvalue weighted by atomic mass is 9.80. The fourth-order valence-electron chi connectivity index (χ4n) is 3.68. The van der Waals surface area contributed by atoms with Crippen LogP contribution in [-0.4, -0.2) is 32.6 Å². The highest BCUT2D eigenvalue weighted by Crippen LogP contribution is 2.42. The van der Waals surface area contributed by atoms with Crippen molar-refractivity contribution in [3.8, 4) is 5.75 Å². The van der Waals surface area contributed by atoms with Crippen LogP contribution < -0.4 is 10.5 Å². The Morgan fingerprint density at radius 2 is 2.21 bits per heavy atom. The summed E-state index contributed by atoms with van der Waals surface area (Å²) < 4.78 is 6.81. The molecule has 0 saturated carbocycles. The molecule has 2 atom stereocenters. The summed E-state index contributed by atoms with van der Waals surface area (Å²) in [7, 11) is 1.64. The number of amides is 1. The Morgan fingerprint density at radius 1 is 1.36 bits per heavy atom. The van der Waals surface area contributed by atoms with Gasteiger partial charge in [-0.25, -0.2) is 14.5 Å². The standard InChI is InChI=1S/C12H13N3OS.C8H8N2O/c1-6-2-7(11(13)16)3-9-10(6)8-4-14-5-15-12(8)17-9;1-11-8-3-2-7-4-5-9-10(7)6-8/h4-7H,2-3H2,1H3,(H2,13,16);2-6H,1H3. The van der Waals surface area contributed by atoms with E-state index in [4.69, 9.17) is 10.5 Å². The molecule has 0 saturated heterocycles. The molecule has 0 spiro atoms. The molecular formula is C20H21N5O2S. The molecule has 8 heteroatoms. The number of methoxy groups -OCH3 is 1. The molecule has 5 rings (SSSR count). The van der Waals surface area contributed by atoms with Crippen LogP contribution >= 0.6 is 11.3 Å². The van der Waals surface area contributed by atoms with Gasteiger partial charge in [-0.3, -0.25) is 4.79 Å². The Morgan fingerprint density at radius 3 is 3.00 bits per heavy atom. The van der Waals surface area contributed by atoms with Gasteiger partial charge in [0.05, 0.1) is 18.8 Å². The van der Waals surface area contributed by atoms with Gasteiger partial charge in [0.2, 0.25) is 5.91 Å². The van der Waals surface area contributed by atoms with E-state index in [-0.39, 0.29) is 11.8 Å². The van der Waals surface area contributed by atoms with Gasteiger partial charge >= 0.3 is 0 Å². The lowest BCUT2D eigenvalue weighted by molar-refractivity contribution is -0.122. The number of primary amides is 1. The second-order valence-electron chi connectivity index (χ2n) is 6.89. The van der Waals surface area contributed by atoms with Crippen LogP contribution in [0.3, 0.4) is 0 Å². The number of hydrogen-bond donors (Lipinski definition) is 1.